The number of rotatable bonds is 0. The Morgan fingerprint density at radius 3 is 2.48 bits per heavy atom. The van der Waals surface area contributed by atoms with Crippen LogP contribution >= 0.6 is 15.9 Å². The van der Waals surface area contributed by atoms with Crippen LogP contribution in [0.5, 0.6) is 0 Å². The van der Waals surface area contributed by atoms with E-state index in [2.05, 4.69) is 36.5 Å². The highest BCUT2D eigenvalue weighted by Crippen LogP contribution is 2.28. The summed E-state index contributed by atoms with van der Waals surface area (Å²) in [7, 11) is 0. The van der Waals surface area contributed by atoms with Gasteiger partial charge in [-0.25, -0.2) is 0 Å². The molecule has 4 nitrogen and oxygen atoms in total. The van der Waals surface area contributed by atoms with Crippen molar-refractivity contribution in [3.8, 4) is 0 Å². The fraction of sp³-hybridized carbons (Fsp3) is 0.375. The lowest BCUT2D eigenvalue weighted by Crippen LogP contribution is -2.12. The van der Waals surface area contributed by atoms with Gasteiger partial charge < -0.3 is 10.6 Å². The first kappa shape index (κ1) is 14.3. The van der Waals surface area contributed by atoms with Crippen molar-refractivity contribution in [2.45, 2.75) is 25.7 Å². The van der Waals surface area contributed by atoms with Crippen LogP contribution in [0.25, 0.3) is 0 Å². The smallest absolute Gasteiger partial charge is 0.0593 e. The Hall–Kier alpha value is -1.62. The van der Waals surface area contributed by atoms with Gasteiger partial charge in [0.05, 0.1) is 10.2 Å². The molecule has 2 aliphatic heterocycles. The second-order valence-electron chi connectivity index (χ2n) is 5.25. The summed E-state index contributed by atoms with van der Waals surface area (Å²) in [5.74, 6) is 0. The zero-order chi connectivity index (χ0) is 14.5. The summed E-state index contributed by atoms with van der Waals surface area (Å²) in [6.07, 6.45) is 12.3. The topological polar surface area (TPSA) is 49.8 Å². The lowest BCUT2D eigenvalue weighted by atomic mass is 10.1. The minimum absolute atomic E-state index is 1.08. The summed E-state index contributed by atoms with van der Waals surface area (Å²) in [6.45, 7) is 2.19. The molecule has 0 aliphatic carbocycles. The van der Waals surface area contributed by atoms with Gasteiger partial charge in [0, 0.05) is 43.6 Å². The van der Waals surface area contributed by atoms with Gasteiger partial charge in [0.25, 0.3) is 0 Å². The molecule has 0 bridgehead atoms. The van der Waals surface area contributed by atoms with E-state index in [1.165, 1.54) is 41.8 Å². The first-order chi connectivity index (χ1) is 10.3. The first-order valence-corrected chi connectivity index (χ1v) is 8.17. The van der Waals surface area contributed by atoms with Crippen LogP contribution in [0.3, 0.4) is 0 Å². The number of pyridine rings is 2. The highest BCUT2D eigenvalue weighted by molar-refractivity contribution is 9.10. The molecular formula is C16H19BrN4. The van der Waals surface area contributed by atoms with Crippen LogP contribution in [-0.2, 0) is 12.8 Å². The summed E-state index contributed by atoms with van der Waals surface area (Å²) < 4.78 is 1.08. The van der Waals surface area contributed by atoms with Crippen molar-refractivity contribution in [1.82, 2.24) is 9.97 Å². The van der Waals surface area contributed by atoms with Gasteiger partial charge in [0.2, 0.25) is 0 Å². The van der Waals surface area contributed by atoms with Crippen molar-refractivity contribution in [3.63, 3.8) is 0 Å². The second-order valence-corrected chi connectivity index (χ2v) is 6.10. The highest BCUT2D eigenvalue weighted by Gasteiger charge is 2.10. The van der Waals surface area contributed by atoms with Gasteiger partial charge in [-0.3, -0.25) is 9.97 Å². The Labute approximate surface area is 133 Å². The zero-order valence-corrected chi connectivity index (χ0v) is 13.5. The van der Waals surface area contributed by atoms with Crippen LogP contribution in [0.15, 0.2) is 35.3 Å². The summed E-state index contributed by atoms with van der Waals surface area (Å²) in [4.78, 5) is 8.17. The summed E-state index contributed by atoms with van der Waals surface area (Å²) >= 11 is 3.46. The third kappa shape index (κ3) is 3.53. The number of nitrogens with zero attached hydrogens (tertiary/aromatic N) is 2. The van der Waals surface area contributed by atoms with Gasteiger partial charge in [0.1, 0.15) is 0 Å². The quantitative estimate of drug-likeness (QED) is 0.764. The van der Waals surface area contributed by atoms with Gasteiger partial charge in [-0.15, -0.1) is 0 Å². The predicted octanol–water partition coefficient (Wildman–Crippen LogP) is 3.64. The lowest BCUT2D eigenvalue weighted by molar-refractivity contribution is 0.822. The molecule has 2 aromatic heterocycles. The molecule has 0 saturated carbocycles. The molecule has 0 saturated heterocycles. The molecule has 0 spiro atoms. The Morgan fingerprint density at radius 1 is 0.905 bits per heavy atom. The summed E-state index contributed by atoms with van der Waals surface area (Å²) in [5.41, 5.74) is 5.17. The lowest BCUT2D eigenvalue weighted by Gasteiger charge is -2.17. The summed E-state index contributed by atoms with van der Waals surface area (Å²) in [5, 5.41) is 6.67. The van der Waals surface area contributed by atoms with E-state index in [9.17, 15) is 0 Å². The molecule has 4 rings (SSSR count). The molecule has 110 valence electrons. The first-order valence-electron chi connectivity index (χ1n) is 7.37. The van der Waals surface area contributed by atoms with Crippen LogP contribution in [0.2, 0.25) is 0 Å². The van der Waals surface area contributed by atoms with E-state index in [-0.39, 0.29) is 0 Å². The van der Waals surface area contributed by atoms with E-state index >= 15 is 0 Å². The third-order valence-electron chi connectivity index (χ3n) is 3.74. The van der Waals surface area contributed by atoms with E-state index < -0.39 is 0 Å². The Bertz CT molecular complexity index is 590. The monoisotopic (exact) mass is 346 g/mol. The maximum atomic E-state index is 4.11. The van der Waals surface area contributed by atoms with Crippen molar-refractivity contribution < 1.29 is 0 Å². The van der Waals surface area contributed by atoms with E-state index in [4.69, 9.17) is 0 Å². The van der Waals surface area contributed by atoms with Crippen LogP contribution in [0.1, 0.15) is 24.0 Å². The fourth-order valence-corrected chi connectivity index (χ4v) is 3.17. The van der Waals surface area contributed by atoms with Gasteiger partial charge in [-0.1, -0.05) is 0 Å². The molecule has 0 fully saturated rings. The number of aromatic nitrogens is 2. The largest absolute Gasteiger partial charge is 0.385 e. The van der Waals surface area contributed by atoms with E-state index in [1.807, 2.05) is 30.9 Å². The number of halogens is 1. The van der Waals surface area contributed by atoms with E-state index in [0.29, 0.717) is 0 Å². The van der Waals surface area contributed by atoms with Gasteiger partial charge in [-0.05, 0) is 58.8 Å². The Balaban J connectivity index is 0.000000126. The SMILES string of the molecule is Brc1cncc2c1NCCC2.c1cc2c(cn1)CCCN2. The second kappa shape index (κ2) is 6.89. The molecule has 0 aromatic carbocycles. The molecular weight excluding hydrogens is 328 g/mol. The van der Waals surface area contributed by atoms with Gasteiger partial charge in [-0.2, -0.15) is 0 Å². The number of fused-ring (bicyclic) bond motifs is 2. The standard InChI is InChI=1S/C8H9BrN2.C8H10N2/c9-7-5-10-4-6-2-1-3-11-8(6)7;1-2-7-6-9-5-3-8(7)10-4-1/h4-5,11H,1-3H2;3,5-6,10H,1-2,4H2. The van der Waals surface area contributed by atoms with Crippen molar-refractivity contribution in [1.29, 1.82) is 0 Å². The normalized spacial score (nSPS) is 15.5. The van der Waals surface area contributed by atoms with Crippen LogP contribution < -0.4 is 10.6 Å². The van der Waals surface area contributed by atoms with Crippen LogP contribution in [0, 0.1) is 0 Å². The minimum Gasteiger partial charge on any atom is -0.385 e. The molecule has 0 radical (unpaired) electrons. The highest BCUT2D eigenvalue weighted by atomic mass is 79.9. The van der Waals surface area contributed by atoms with Gasteiger partial charge in [0.15, 0.2) is 0 Å². The predicted molar refractivity (Wildman–Crippen MR) is 89.8 cm³/mol. The number of anilines is 2. The molecule has 2 aromatic rings. The number of aryl methyl sites for hydroxylation is 2. The maximum absolute atomic E-state index is 4.11. The van der Waals surface area contributed by atoms with Gasteiger partial charge >= 0.3 is 0 Å². The summed E-state index contributed by atoms with van der Waals surface area (Å²) in [6, 6.07) is 2.04. The van der Waals surface area contributed by atoms with Crippen LogP contribution in [0.4, 0.5) is 11.4 Å². The molecule has 5 heteroatoms. The molecule has 4 heterocycles. The van der Waals surface area contributed by atoms with Crippen molar-refractivity contribution in [2.75, 3.05) is 23.7 Å². The Kier molecular flexibility index (Phi) is 4.70. The molecule has 2 N–H and O–H groups in total. The minimum atomic E-state index is 1.08. The average molecular weight is 347 g/mol. The average Bonchev–Trinajstić information content (AvgIpc) is 2.56. The van der Waals surface area contributed by atoms with E-state index in [1.54, 1.807) is 0 Å². The van der Waals surface area contributed by atoms with E-state index in [0.717, 1.165) is 24.0 Å². The fourth-order valence-electron chi connectivity index (χ4n) is 2.66. The van der Waals surface area contributed by atoms with Crippen molar-refractivity contribution in [2.24, 2.45) is 0 Å². The zero-order valence-electron chi connectivity index (χ0n) is 11.9. The number of hydrogen-bond donors (Lipinski definition) is 2. The van der Waals surface area contributed by atoms with Crippen LogP contribution in [-0.4, -0.2) is 23.1 Å². The molecule has 0 amide bonds. The molecule has 2 aliphatic rings. The van der Waals surface area contributed by atoms with Crippen molar-refractivity contribution in [3.05, 3.63) is 46.5 Å². The third-order valence-corrected chi connectivity index (χ3v) is 4.35. The maximum Gasteiger partial charge on any atom is 0.0593 e. The Morgan fingerprint density at radius 2 is 1.67 bits per heavy atom. The molecule has 0 unspecified atom stereocenters. The molecule has 0 atom stereocenters. The van der Waals surface area contributed by atoms with Crippen molar-refractivity contribution >= 4 is 27.3 Å². The molecule has 21 heavy (non-hydrogen) atoms. The number of hydrogen-bond acceptors (Lipinski definition) is 4. The number of nitrogens with one attached hydrogen (secondary N) is 2.